The molecular weight excluding hydrogens is 286 g/mol. The fourth-order valence-corrected chi connectivity index (χ4v) is 2.31. The predicted octanol–water partition coefficient (Wildman–Crippen LogP) is 3.40. The Kier molecular flexibility index (Phi) is 3.79. The molecule has 1 heterocycles. The normalized spacial score (nSPS) is 12.0. The van der Waals surface area contributed by atoms with E-state index in [1.807, 2.05) is 30.3 Å². The molecule has 0 aliphatic rings. The first-order valence-electron chi connectivity index (χ1n) is 6.44. The van der Waals surface area contributed by atoms with Crippen molar-refractivity contribution in [3.63, 3.8) is 0 Å². The van der Waals surface area contributed by atoms with Gasteiger partial charge in [0.25, 0.3) is 0 Å². The van der Waals surface area contributed by atoms with Crippen molar-refractivity contribution in [3.05, 3.63) is 83.4 Å². The highest BCUT2D eigenvalue weighted by molar-refractivity contribution is 6.30. The van der Waals surface area contributed by atoms with Gasteiger partial charge in [-0.3, -0.25) is 4.79 Å². The zero-order valence-electron chi connectivity index (χ0n) is 11.1. The summed E-state index contributed by atoms with van der Waals surface area (Å²) in [4.78, 5) is 16.8. The monoisotopic (exact) mass is 297 g/mol. The molecule has 104 valence electrons. The lowest BCUT2D eigenvalue weighted by molar-refractivity contribution is 0.0939. The maximum atomic E-state index is 12.8. The highest BCUT2D eigenvalue weighted by Gasteiger charge is 2.24. The van der Waals surface area contributed by atoms with E-state index >= 15 is 0 Å². The van der Waals surface area contributed by atoms with Crippen LogP contribution in [0.15, 0.2) is 67.3 Å². The second kappa shape index (κ2) is 5.89. The zero-order chi connectivity index (χ0) is 14.7. The first kappa shape index (κ1) is 13.5. The Balaban J connectivity index is 2.04. The van der Waals surface area contributed by atoms with Crippen molar-refractivity contribution in [3.8, 4) is 0 Å². The van der Waals surface area contributed by atoms with Crippen LogP contribution >= 0.6 is 11.6 Å². The van der Waals surface area contributed by atoms with Crippen LogP contribution in [0.5, 0.6) is 0 Å². The summed E-state index contributed by atoms with van der Waals surface area (Å²) in [5, 5.41) is 4.72. The van der Waals surface area contributed by atoms with Crippen LogP contribution in [-0.4, -0.2) is 20.5 Å². The predicted molar refractivity (Wildman–Crippen MR) is 80.4 cm³/mol. The summed E-state index contributed by atoms with van der Waals surface area (Å²) in [6.07, 6.45) is 2.97. The maximum absolute atomic E-state index is 12.8. The third-order valence-corrected chi connectivity index (χ3v) is 3.45. The van der Waals surface area contributed by atoms with E-state index < -0.39 is 6.04 Å². The van der Waals surface area contributed by atoms with E-state index in [-0.39, 0.29) is 5.78 Å². The van der Waals surface area contributed by atoms with Crippen molar-refractivity contribution in [2.75, 3.05) is 0 Å². The number of hydrogen-bond donors (Lipinski definition) is 0. The van der Waals surface area contributed by atoms with Gasteiger partial charge < -0.3 is 0 Å². The van der Waals surface area contributed by atoms with Gasteiger partial charge in [0, 0.05) is 10.6 Å². The second-order valence-electron chi connectivity index (χ2n) is 4.56. The van der Waals surface area contributed by atoms with Gasteiger partial charge in [-0.25, -0.2) is 9.67 Å². The van der Waals surface area contributed by atoms with Crippen LogP contribution in [-0.2, 0) is 0 Å². The van der Waals surface area contributed by atoms with Crippen LogP contribution in [0.3, 0.4) is 0 Å². The van der Waals surface area contributed by atoms with Gasteiger partial charge in [-0.1, -0.05) is 41.9 Å². The lowest BCUT2D eigenvalue weighted by atomic mass is 9.97. The minimum Gasteiger partial charge on any atom is -0.291 e. The van der Waals surface area contributed by atoms with Crippen molar-refractivity contribution in [1.82, 2.24) is 14.8 Å². The molecule has 3 rings (SSSR count). The van der Waals surface area contributed by atoms with E-state index in [4.69, 9.17) is 11.6 Å². The van der Waals surface area contributed by atoms with E-state index in [0.29, 0.717) is 10.6 Å². The van der Waals surface area contributed by atoms with Crippen molar-refractivity contribution in [2.45, 2.75) is 6.04 Å². The van der Waals surface area contributed by atoms with E-state index in [1.54, 1.807) is 35.3 Å². The summed E-state index contributed by atoms with van der Waals surface area (Å²) in [5.41, 5.74) is 1.45. The molecule has 1 atom stereocenters. The van der Waals surface area contributed by atoms with Crippen molar-refractivity contribution in [1.29, 1.82) is 0 Å². The molecule has 0 spiro atoms. The van der Waals surface area contributed by atoms with Gasteiger partial charge >= 0.3 is 0 Å². The van der Waals surface area contributed by atoms with Crippen molar-refractivity contribution >= 4 is 17.4 Å². The summed E-state index contributed by atoms with van der Waals surface area (Å²) in [5.74, 6) is -0.0524. The third kappa shape index (κ3) is 2.85. The summed E-state index contributed by atoms with van der Waals surface area (Å²) in [7, 11) is 0. The largest absolute Gasteiger partial charge is 0.291 e. The van der Waals surface area contributed by atoms with Crippen LogP contribution in [0.2, 0.25) is 5.02 Å². The summed E-state index contributed by atoms with van der Waals surface area (Å²) >= 11 is 5.87. The topological polar surface area (TPSA) is 47.8 Å². The average Bonchev–Trinajstić information content (AvgIpc) is 3.03. The molecule has 5 heteroatoms. The molecule has 21 heavy (non-hydrogen) atoms. The minimum atomic E-state index is -0.533. The number of hydrogen-bond acceptors (Lipinski definition) is 3. The highest BCUT2D eigenvalue weighted by Crippen LogP contribution is 2.23. The zero-order valence-corrected chi connectivity index (χ0v) is 11.8. The molecule has 0 bridgehead atoms. The highest BCUT2D eigenvalue weighted by atomic mass is 35.5. The molecule has 0 fully saturated rings. The molecule has 2 aromatic carbocycles. The number of halogens is 1. The van der Waals surface area contributed by atoms with E-state index in [9.17, 15) is 4.79 Å². The molecule has 0 N–H and O–H groups in total. The molecule has 1 unspecified atom stereocenters. The van der Waals surface area contributed by atoms with Crippen molar-refractivity contribution < 1.29 is 4.79 Å². The fraction of sp³-hybridized carbons (Fsp3) is 0.0625. The third-order valence-electron chi connectivity index (χ3n) is 3.19. The van der Waals surface area contributed by atoms with Crippen LogP contribution in [0, 0.1) is 0 Å². The van der Waals surface area contributed by atoms with Gasteiger partial charge in [0.2, 0.25) is 0 Å². The molecular formula is C16H12ClN3O. The summed E-state index contributed by atoms with van der Waals surface area (Å²) in [6, 6.07) is 15.8. The van der Waals surface area contributed by atoms with Gasteiger partial charge in [0.15, 0.2) is 5.78 Å². The quantitative estimate of drug-likeness (QED) is 0.693. The lowest BCUT2D eigenvalue weighted by Gasteiger charge is -2.16. The number of Topliss-reactive ketones (excluding diaryl/α,β-unsaturated/α-hetero) is 1. The average molecular weight is 298 g/mol. The molecule has 3 aromatic rings. The molecule has 0 aliphatic carbocycles. The Labute approximate surface area is 127 Å². The minimum absolute atomic E-state index is 0.0524. The Morgan fingerprint density at radius 1 is 1.05 bits per heavy atom. The second-order valence-corrected chi connectivity index (χ2v) is 5.00. The number of carbonyl (C=O) groups is 1. The molecule has 0 radical (unpaired) electrons. The number of aromatic nitrogens is 3. The number of benzene rings is 2. The Morgan fingerprint density at radius 2 is 1.76 bits per heavy atom. The van der Waals surface area contributed by atoms with E-state index in [0.717, 1.165) is 5.56 Å². The maximum Gasteiger partial charge on any atom is 0.191 e. The Hall–Kier alpha value is -2.46. The number of ketones is 1. The van der Waals surface area contributed by atoms with E-state index in [2.05, 4.69) is 10.1 Å². The van der Waals surface area contributed by atoms with Gasteiger partial charge in [-0.15, -0.1) is 0 Å². The number of nitrogens with zero attached hydrogens (tertiary/aromatic N) is 3. The Morgan fingerprint density at radius 3 is 2.38 bits per heavy atom. The fourth-order valence-electron chi connectivity index (χ4n) is 2.18. The molecule has 0 saturated carbocycles. The molecule has 4 nitrogen and oxygen atoms in total. The standard InChI is InChI=1S/C16H12ClN3O/c17-14-8-6-13(7-9-14)16(21)15(20-11-18-10-19-20)12-4-2-1-3-5-12/h1-11,15H. The molecule has 0 amide bonds. The van der Waals surface area contributed by atoms with Crippen LogP contribution < -0.4 is 0 Å². The molecule has 0 saturated heterocycles. The molecule has 1 aromatic heterocycles. The first-order chi connectivity index (χ1) is 10.3. The van der Waals surface area contributed by atoms with Gasteiger partial charge in [0.1, 0.15) is 18.7 Å². The Bertz CT molecular complexity index is 724. The van der Waals surface area contributed by atoms with Gasteiger partial charge in [0.05, 0.1) is 0 Å². The van der Waals surface area contributed by atoms with Crippen molar-refractivity contribution in [2.24, 2.45) is 0 Å². The summed E-state index contributed by atoms with van der Waals surface area (Å²) in [6.45, 7) is 0. The smallest absolute Gasteiger partial charge is 0.191 e. The van der Waals surface area contributed by atoms with Crippen LogP contribution in [0.4, 0.5) is 0 Å². The number of rotatable bonds is 4. The summed E-state index contributed by atoms with van der Waals surface area (Å²) < 4.78 is 1.56. The van der Waals surface area contributed by atoms with E-state index in [1.165, 1.54) is 6.33 Å². The first-order valence-corrected chi connectivity index (χ1v) is 6.82. The van der Waals surface area contributed by atoms with Gasteiger partial charge in [-0.05, 0) is 29.8 Å². The molecule has 0 aliphatic heterocycles. The van der Waals surface area contributed by atoms with Gasteiger partial charge in [-0.2, -0.15) is 5.10 Å². The van der Waals surface area contributed by atoms with Crippen LogP contribution in [0.25, 0.3) is 0 Å². The lowest BCUT2D eigenvalue weighted by Crippen LogP contribution is -2.21. The SMILES string of the molecule is O=C(c1ccc(Cl)cc1)C(c1ccccc1)n1cncn1. The van der Waals surface area contributed by atoms with Crippen LogP contribution in [0.1, 0.15) is 22.0 Å². The number of carbonyl (C=O) groups excluding carboxylic acids is 1.